The fourth-order valence-electron chi connectivity index (χ4n) is 2.15. The van der Waals surface area contributed by atoms with E-state index in [-0.39, 0.29) is 5.92 Å². The normalized spacial score (nSPS) is 11.8. The maximum absolute atomic E-state index is 12.4. The molecule has 0 radical (unpaired) electrons. The van der Waals surface area contributed by atoms with Gasteiger partial charge in [-0.25, -0.2) is 0 Å². The molecule has 0 rings (SSSR count). The molecule has 0 atom stereocenters. The van der Waals surface area contributed by atoms with Crippen LogP contribution in [0.1, 0.15) is 67.2 Å². The highest BCUT2D eigenvalue weighted by molar-refractivity contribution is 6.00. The Bertz CT molecular complexity index is 315. The second kappa shape index (κ2) is 9.80. The standard InChI is InChI=1S/C17H32O4/c1-7-14(8-2)12-21-16(19)17(9-3,10-4)15(18)20-11-13(5)6/h13-14H,7-12H2,1-6H3. The van der Waals surface area contributed by atoms with Crippen molar-refractivity contribution in [3.05, 3.63) is 0 Å². The number of hydrogen-bond acceptors (Lipinski definition) is 4. The van der Waals surface area contributed by atoms with Crippen molar-refractivity contribution in [2.24, 2.45) is 17.3 Å². The minimum atomic E-state index is -1.15. The maximum atomic E-state index is 12.4. The summed E-state index contributed by atoms with van der Waals surface area (Å²) in [6, 6.07) is 0. The molecule has 0 aromatic carbocycles. The number of rotatable bonds is 10. The van der Waals surface area contributed by atoms with Crippen molar-refractivity contribution >= 4 is 11.9 Å². The third-order valence-corrected chi connectivity index (χ3v) is 4.14. The SMILES string of the molecule is CCC(CC)COC(=O)C(CC)(CC)C(=O)OCC(C)C. The Labute approximate surface area is 129 Å². The average molecular weight is 300 g/mol. The van der Waals surface area contributed by atoms with Crippen LogP contribution >= 0.6 is 0 Å². The zero-order valence-corrected chi connectivity index (χ0v) is 14.5. The van der Waals surface area contributed by atoms with E-state index in [2.05, 4.69) is 13.8 Å². The Kier molecular flexibility index (Phi) is 9.31. The van der Waals surface area contributed by atoms with Crippen molar-refractivity contribution in [1.82, 2.24) is 0 Å². The molecule has 0 unspecified atom stereocenters. The van der Waals surface area contributed by atoms with Crippen LogP contribution < -0.4 is 0 Å². The van der Waals surface area contributed by atoms with Gasteiger partial charge in [0, 0.05) is 0 Å². The van der Waals surface area contributed by atoms with E-state index in [1.54, 1.807) is 0 Å². The summed E-state index contributed by atoms with van der Waals surface area (Å²) in [7, 11) is 0. The van der Waals surface area contributed by atoms with Gasteiger partial charge in [0.05, 0.1) is 13.2 Å². The molecule has 0 heterocycles. The molecule has 124 valence electrons. The quantitative estimate of drug-likeness (QED) is 0.452. The molecule has 0 aromatic heterocycles. The van der Waals surface area contributed by atoms with E-state index in [9.17, 15) is 9.59 Å². The number of carbonyl (C=O) groups is 2. The molecule has 0 aliphatic rings. The molecule has 0 aliphatic carbocycles. The monoisotopic (exact) mass is 300 g/mol. The Morgan fingerprint density at radius 2 is 1.29 bits per heavy atom. The van der Waals surface area contributed by atoms with Crippen molar-refractivity contribution < 1.29 is 19.1 Å². The summed E-state index contributed by atoms with van der Waals surface area (Å²) in [6.45, 7) is 12.5. The molecular formula is C17H32O4. The van der Waals surface area contributed by atoms with Crippen molar-refractivity contribution in [2.45, 2.75) is 67.2 Å². The fourth-order valence-corrected chi connectivity index (χ4v) is 2.15. The van der Waals surface area contributed by atoms with Crippen molar-refractivity contribution in [3.8, 4) is 0 Å². The van der Waals surface area contributed by atoms with Crippen LogP contribution in [0, 0.1) is 17.3 Å². The fraction of sp³-hybridized carbons (Fsp3) is 0.882. The van der Waals surface area contributed by atoms with Crippen LogP contribution in [0.3, 0.4) is 0 Å². The van der Waals surface area contributed by atoms with Crippen LogP contribution in [0.25, 0.3) is 0 Å². The van der Waals surface area contributed by atoms with E-state index < -0.39 is 17.4 Å². The second-order valence-electron chi connectivity index (χ2n) is 6.06. The predicted molar refractivity (Wildman–Crippen MR) is 83.8 cm³/mol. The third-order valence-electron chi connectivity index (χ3n) is 4.14. The van der Waals surface area contributed by atoms with E-state index in [1.165, 1.54) is 0 Å². The lowest BCUT2D eigenvalue weighted by molar-refractivity contribution is -0.174. The lowest BCUT2D eigenvalue weighted by Crippen LogP contribution is -2.42. The number of carbonyl (C=O) groups excluding carboxylic acids is 2. The van der Waals surface area contributed by atoms with Crippen molar-refractivity contribution in [2.75, 3.05) is 13.2 Å². The predicted octanol–water partition coefficient (Wildman–Crippen LogP) is 3.97. The van der Waals surface area contributed by atoms with Crippen LogP contribution in [0.2, 0.25) is 0 Å². The highest BCUT2D eigenvalue weighted by Gasteiger charge is 2.46. The molecule has 4 heteroatoms. The van der Waals surface area contributed by atoms with E-state index in [0.717, 1.165) is 12.8 Å². The van der Waals surface area contributed by atoms with Gasteiger partial charge in [0.25, 0.3) is 0 Å². The molecule has 0 saturated heterocycles. The summed E-state index contributed by atoms with van der Waals surface area (Å²) in [5, 5.41) is 0. The Hall–Kier alpha value is -1.06. The first-order chi connectivity index (χ1) is 9.87. The number of esters is 2. The molecular weight excluding hydrogens is 268 g/mol. The van der Waals surface area contributed by atoms with Crippen molar-refractivity contribution in [1.29, 1.82) is 0 Å². The summed E-state index contributed by atoms with van der Waals surface area (Å²) in [4.78, 5) is 24.8. The number of hydrogen-bond donors (Lipinski definition) is 0. The lowest BCUT2D eigenvalue weighted by atomic mass is 9.82. The van der Waals surface area contributed by atoms with Crippen LogP contribution in [0.4, 0.5) is 0 Å². The van der Waals surface area contributed by atoms with Gasteiger partial charge >= 0.3 is 11.9 Å². The maximum Gasteiger partial charge on any atom is 0.323 e. The lowest BCUT2D eigenvalue weighted by Gasteiger charge is -2.28. The summed E-state index contributed by atoms with van der Waals surface area (Å²) in [5.41, 5.74) is -1.15. The first-order valence-electron chi connectivity index (χ1n) is 8.22. The molecule has 0 saturated carbocycles. The van der Waals surface area contributed by atoms with Gasteiger partial charge in [0.15, 0.2) is 5.41 Å². The summed E-state index contributed by atoms with van der Waals surface area (Å²) in [5.74, 6) is -0.281. The molecule has 0 N–H and O–H groups in total. The highest BCUT2D eigenvalue weighted by atomic mass is 16.6. The van der Waals surface area contributed by atoms with Gasteiger partial charge in [0.2, 0.25) is 0 Å². The van der Waals surface area contributed by atoms with Gasteiger partial charge in [-0.3, -0.25) is 9.59 Å². The molecule has 4 nitrogen and oxygen atoms in total. The molecule has 0 spiro atoms. The minimum Gasteiger partial charge on any atom is -0.465 e. The molecule has 0 fully saturated rings. The molecule has 0 bridgehead atoms. The largest absolute Gasteiger partial charge is 0.465 e. The zero-order valence-electron chi connectivity index (χ0n) is 14.5. The molecule has 0 aliphatic heterocycles. The Morgan fingerprint density at radius 1 is 0.857 bits per heavy atom. The second-order valence-corrected chi connectivity index (χ2v) is 6.06. The van der Waals surface area contributed by atoms with Gasteiger partial charge in [-0.1, -0.05) is 54.4 Å². The van der Waals surface area contributed by atoms with Crippen LogP contribution in [0.15, 0.2) is 0 Å². The van der Waals surface area contributed by atoms with Gasteiger partial charge in [-0.05, 0) is 24.7 Å². The van der Waals surface area contributed by atoms with E-state index in [0.29, 0.717) is 32.0 Å². The van der Waals surface area contributed by atoms with Gasteiger partial charge in [0.1, 0.15) is 0 Å². The van der Waals surface area contributed by atoms with Crippen LogP contribution in [0.5, 0.6) is 0 Å². The van der Waals surface area contributed by atoms with E-state index in [1.807, 2.05) is 27.7 Å². The summed E-state index contributed by atoms with van der Waals surface area (Å²) < 4.78 is 10.7. The van der Waals surface area contributed by atoms with E-state index in [4.69, 9.17) is 9.47 Å². The van der Waals surface area contributed by atoms with Crippen LogP contribution in [-0.4, -0.2) is 25.2 Å². The average Bonchev–Trinajstić information content (AvgIpc) is 2.47. The van der Waals surface area contributed by atoms with Gasteiger partial charge in [-0.2, -0.15) is 0 Å². The summed E-state index contributed by atoms with van der Waals surface area (Å²) in [6.07, 6.45) is 2.74. The highest BCUT2D eigenvalue weighted by Crippen LogP contribution is 2.30. The molecule has 0 amide bonds. The topological polar surface area (TPSA) is 52.6 Å². The van der Waals surface area contributed by atoms with Crippen LogP contribution in [-0.2, 0) is 19.1 Å². The summed E-state index contributed by atoms with van der Waals surface area (Å²) >= 11 is 0. The number of ether oxygens (including phenoxy) is 2. The zero-order chi connectivity index (χ0) is 16.5. The molecule has 0 aromatic rings. The first kappa shape index (κ1) is 19.9. The van der Waals surface area contributed by atoms with Crippen molar-refractivity contribution in [3.63, 3.8) is 0 Å². The van der Waals surface area contributed by atoms with Gasteiger partial charge < -0.3 is 9.47 Å². The van der Waals surface area contributed by atoms with Gasteiger partial charge in [-0.15, -0.1) is 0 Å². The first-order valence-corrected chi connectivity index (χ1v) is 8.22. The molecule has 21 heavy (non-hydrogen) atoms. The van der Waals surface area contributed by atoms with E-state index >= 15 is 0 Å². The minimum absolute atomic E-state index is 0.251. The Morgan fingerprint density at radius 3 is 1.62 bits per heavy atom. The third kappa shape index (κ3) is 5.68. The smallest absolute Gasteiger partial charge is 0.323 e. The Balaban J connectivity index is 4.83.